The van der Waals surface area contributed by atoms with Gasteiger partial charge in [-0.1, -0.05) is 12.1 Å². The van der Waals surface area contributed by atoms with Crippen LogP contribution in [0.5, 0.6) is 5.75 Å². The molecule has 1 unspecified atom stereocenters. The highest BCUT2D eigenvalue weighted by Crippen LogP contribution is 2.13. The molecule has 0 aromatic heterocycles. The van der Waals surface area contributed by atoms with Gasteiger partial charge in [0.25, 0.3) is 0 Å². The van der Waals surface area contributed by atoms with Crippen LogP contribution in [-0.2, 0) is 20.7 Å². The molecule has 2 N–H and O–H groups in total. The molecule has 20 heavy (non-hydrogen) atoms. The van der Waals surface area contributed by atoms with Gasteiger partial charge in [0.1, 0.15) is 11.8 Å². The molecule has 0 aliphatic carbocycles. The zero-order chi connectivity index (χ0) is 14.8. The largest absolute Gasteiger partial charge is 0.494 e. The molecule has 5 nitrogen and oxygen atoms in total. The number of esters is 1. The first-order valence-corrected chi connectivity index (χ1v) is 6.80. The molecular formula is C15H23NO4. The molecule has 0 heterocycles. The van der Waals surface area contributed by atoms with Crippen LogP contribution < -0.4 is 10.5 Å². The van der Waals surface area contributed by atoms with E-state index in [2.05, 4.69) is 4.74 Å². The van der Waals surface area contributed by atoms with Gasteiger partial charge in [-0.05, 0) is 31.0 Å². The van der Waals surface area contributed by atoms with Crippen LogP contribution >= 0.6 is 0 Å². The lowest BCUT2D eigenvalue weighted by Crippen LogP contribution is -2.33. The van der Waals surface area contributed by atoms with E-state index in [1.165, 1.54) is 7.11 Å². The van der Waals surface area contributed by atoms with Gasteiger partial charge in [0.2, 0.25) is 0 Å². The molecule has 0 amide bonds. The van der Waals surface area contributed by atoms with Crippen LogP contribution in [0.3, 0.4) is 0 Å². The van der Waals surface area contributed by atoms with Crippen molar-refractivity contribution in [2.45, 2.75) is 25.8 Å². The summed E-state index contributed by atoms with van der Waals surface area (Å²) in [5, 5.41) is 0. The van der Waals surface area contributed by atoms with E-state index in [0.717, 1.165) is 24.3 Å². The van der Waals surface area contributed by atoms with Crippen molar-refractivity contribution in [1.82, 2.24) is 0 Å². The Hall–Kier alpha value is -1.59. The number of benzene rings is 1. The zero-order valence-corrected chi connectivity index (χ0v) is 12.1. The van der Waals surface area contributed by atoms with Gasteiger partial charge in [0, 0.05) is 19.6 Å². The van der Waals surface area contributed by atoms with Crippen LogP contribution in [0.1, 0.15) is 18.9 Å². The lowest BCUT2D eigenvalue weighted by molar-refractivity contribution is -0.142. The minimum atomic E-state index is -0.627. The quantitative estimate of drug-likeness (QED) is 0.549. The summed E-state index contributed by atoms with van der Waals surface area (Å²) in [5.74, 6) is 0.401. The van der Waals surface area contributed by atoms with E-state index in [4.69, 9.17) is 15.2 Å². The van der Waals surface area contributed by atoms with Gasteiger partial charge < -0.3 is 19.9 Å². The minimum Gasteiger partial charge on any atom is -0.494 e. The van der Waals surface area contributed by atoms with E-state index >= 15 is 0 Å². The third-order valence-corrected chi connectivity index (χ3v) is 2.79. The van der Waals surface area contributed by atoms with Gasteiger partial charge in [-0.25, -0.2) is 0 Å². The summed E-state index contributed by atoms with van der Waals surface area (Å²) in [5.41, 5.74) is 6.68. The van der Waals surface area contributed by atoms with Crippen molar-refractivity contribution >= 4 is 5.97 Å². The molecule has 1 aromatic carbocycles. The van der Waals surface area contributed by atoms with Gasteiger partial charge in [-0.3, -0.25) is 4.79 Å². The molecule has 0 saturated heterocycles. The zero-order valence-electron chi connectivity index (χ0n) is 12.1. The predicted molar refractivity (Wildman–Crippen MR) is 76.7 cm³/mol. The number of carbonyl (C=O) groups excluding carboxylic acids is 1. The van der Waals surface area contributed by atoms with Gasteiger partial charge >= 0.3 is 5.97 Å². The number of ether oxygens (including phenoxy) is 3. The fraction of sp³-hybridized carbons (Fsp3) is 0.533. The van der Waals surface area contributed by atoms with Crippen molar-refractivity contribution in [2.24, 2.45) is 5.73 Å². The van der Waals surface area contributed by atoms with Crippen LogP contribution in [0.15, 0.2) is 24.3 Å². The number of hydrogen-bond donors (Lipinski definition) is 1. The third-order valence-electron chi connectivity index (χ3n) is 2.79. The maximum Gasteiger partial charge on any atom is 0.322 e. The van der Waals surface area contributed by atoms with E-state index in [1.807, 2.05) is 31.2 Å². The number of rotatable bonds is 9. The van der Waals surface area contributed by atoms with Gasteiger partial charge in [0.15, 0.2) is 0 Å². The summed E-state index contributed by atoms with van der Waals surface area (Å²) in [6.45, 7) is 4.04. The number of carbonyl (C=O) groups is 1. The van der Waals surface area contributed by atoms with Crippen LogP contribution in [0, 0.1) is 0 Å². The monoisotopic (exact) mass is 281 g/mol. The van der Waals surface area contributed by atoms with E-state index < -0.39 is 12.0 Å². The average Bonchev–Trinajstić information content (AvgIpc) is 2.47. The Kier molecular flexibility index (Phi) is 7.69. The summed E-state index contributed by atoms with van der Waals surface area (Å²) in [4.78, 5) is 11.2. The maximum atomic E-state index is 11.2. The smallest absolute Gasteiger partial charge is 0.322 e. The highest BCUT2D eigenvalue weighted by molar-refractivity contribution is 5.75. The Labute approximate surface area is 120 Å². The lowest BCUT2D eigenvalue weighted by Gasteiger charge is -2.10. The highest BCUT2D eigenvalue weighted by atomic mass is 16.5. The van der Waals surface area contributed by atoms with Crippen LogP contribution in [-0.4, -0.2) is 38.9 Å². The molecule has 0 fully saturated rings. The fourth-order valence-corrected chi connectivity index (χ4v) is 1.71. The van der Waals surface area contributed by atoms with E-state index in [-0.39, 0.29) is 0 Å². The lowest BCUT2D eigenvalue weighted by atomic mass is 10.1. The summed E-state index contributed by atoms with van der Waals surface area (Å²) in [6.07, 6.45) is 1.32. The highest BCUT2D eigenvalue weighted by Gasteiger charge is 2.13. The van der Waals surface area contributed by atoms with Gasteiger partial charge in [0.05, 0.1) is 13.7 Å². The summed E-state index contributed by atoms with van der Waals surface area (Å²) in [7, 11) is 1.33. The normalized spacial score (nSPS) is 11.9. The van der Waals surface area contributed by atoms with Crippen molar-refractivity contribution in [1.29, 1.82) is 0 Å². The molecule has 0 aliphatic rings. The third kappa shape index (κ3) is 6.04. The molecule has 0 radical (unpaired) electrons. The molecule has 1 rings (SSSR count). The van der Waals surface area contributed by atoms with E-state index in [9.17, 15) is 4.79 Å². The van der Waals surface area contributed by atoms with Crippen molar-refractivity contribution in [2.75, 3.05) is 26.9 Å². The standard InChI is InChI=1S/C15H23NO4/c1-3-19-9-4-10-20-13-7-5-12(6-8-13)11-14(16)15(17)18-2/h5-8,14H,3-4,9-11,16H2,1-2H3. The summed E-state index contributed by atoms with van der Waals surface area (Å²) < 4.78 is 15.4. The first-order chi connectivity index (χ1) is 9.67. The van der Waals surface area contributed by atoms with E-state index in [1.54, 1.807) is 0 Å². The molecular weight excluding hydrogens is 258 g/mol. The Bertz CT molecular complexity index is 391. The average molecular weight is 281 g/mol. The predicted octanol–water partition coefficient (Wildman–Crippen LogP) is 1.53. The molecule has 0 bridgehead atoms. The first-order valence-electron chi connectivity index (χ1n) is 6.80. The molecule has 0 aliphatic heterocycles. The second-order valence-electron chi connectivity index (χ2n) is 4.38. The number of methoxy groups -OCH3 is 1. The molecule has 0 spiro atoms. The molecule has 1 aromatic rings. The van der Waals surface area contributed by atoms with E-state index in [0.29, 0.717) is 19.6 Å². The molecule has 5 heteroatoms. The van der Waals surface area contributed by atoms with Crippen LogP contribution in [0.4, 0.5) is 0 Å². The second kappa shape index (κ2) is 9.34. The topological polar surface area (TPSA) is 70.8 Å². The first kappa shape index (κ1) is 16.5. The Morgan fingerprint density at radius 3 is 2.55 bits per heavy atom. The van der Waals surface area contributed by atoms with Crippen molar-refractivity contribution < 1.29 is 19.0 Å². The second-order valence-corrected chi connectivity index (χ2v) is 4.38. The number of hydrogen-bond acceptors (Lipinski definition) is 5. The fourth-order valence-electron chi connectivity index (χ4n) is 1.71. The minimum absolute atomic E-state index is 0.402. The number of nitrogens with two attached hydrogens (primary N) is 1. The Morgan fingerprint density at radius 1 is 1.25 bits per heavy atom. The summed E-state index contributed by atoms with van der Waals surface area (Å²) in [6, 6.07) is 6.93. The SMILES string of the molecule is CCOCCCOc1ccc(CC(N)C(=O)OC)cc1. The summed E-state index contributed by atoms with van der Waals surface area (Å²) >= 11 is 0. The maximum absolute atomic E-state index is 11.2. The Morgan fingerprint density at radius 2 is 1.95 bits per heavy atom. The van der Waals surface area contributed by atoms with Crippen molar-refractivity contribution in [3.05, 3.63) is 29.8 Å². The van der Waals surface area contributed by atoms with Crippen LogP contribution in [0.25, 0.3) is 0 Å². The van der Waals surface area contributed by atoms with Gasteiger partial charge in [-0.2, -0.15) is 0 Å². The molecule has 112 valence electrons. The Balaban J connectivity index is 2.34. The van der Waals surface area contributed by atoms with Gasteiger partial charge in [-0.15, -0.1) is 0 Å². The van der Waals surface area contributed by atoms with Crippen molar-refractivity contribution in [3.8, 4) is 5.75 Å². The molecule has 1 atom stereocenters. The molecule has 0 saturated carbocycles. The van der Waals surface area contributed by atoms with Crippen LogP contribution in [0.2, 0.25) is 0 Å². The van der Waals surface area contributed by atoms with Crippen molar-refractivity contribution in [3.63, 3.8) is 0 Å².